The van der Waals surface area contributed by atoms with Gasteiger partial charge in [-0.05, 0) is 29.8 Å². The summed E-state index contributed by atoms with van der Waals surface area (Å²) >= 11 is 0. The molecule has 0 bridgehead atoms. The quantitative estimate of drug-likeness (QED) is 0.589. The SMILES string of the molecule is Oc1ccc(F)c(Cc2c[nH]c3ncc(-c4cccnc4)cc23)c1F. The van der Waals surface area contributed by atoms with Crippen LogP contribution in [0.3, 0.4) is 0 Å². The van der Waals surface area contributed by atoms with Crippen LogP contribution in [0.5, 0.6) is 5.75 Å². The van der Waals surface area contributed by atoms with Crippen LogP contribution >= 0.6 is 0 Å². The van der Waals surface area contributed by atoms with Crippen LogP contribution in [0.2, 0.25) is 0 Å². The lowest BCUT2D eigenvalue weighted by molar-refractivity contribution is 0.423. The molecule has 0 amide bonds. The van der Waals surface area contributed by atoms with Gasteiger partial charge >= 0.3 is 0 Å². The Bertz CT molecular complexity index is 1060. The van der Waals surface area contributed by atoms with Gasteiger partial charge in [0.25, 0.3) is 0 Å². The van der Waals surface area contributed by atoms with Gasteiger partial charge in [-0.3, -0.25) is 4.98 Å². The zero-order valence-corrected chi connectivity index (χ0v) is 13.0. The summed E-state index contributed by atoms with van der Waals surface area (Å²) in [5, 5.41) is 10.3. The summed E-state index contributed by atoms with van der Waals surface area (Å²) in [7, 11) is 0. The molecule has 25 heavy (non-hydrogen) atoms. The summed E-state index contributed by atoms with van der Waals surface area (Å²) in [6.45, 7) is 0. The maximum Gasteiger partial charge on any atom is 0.171 e. The van der Waals surface area contributed by atoms with Crippen molar-refractivity contribution in [1.29, 1.82) is 0 Å². The maximum absolute atomic E-state index is 14.1. The minimum absolute atomic E-state index is 0.00421. The number of aromatic nitrogens is 3. The second kappa shape index (κ2) is 5.98. The van der Waals surface area contributed by atoms with E-state index >= 15 is 0 Å². The van der Waals surface area contributed by atoms with Crippen molar-refractivity contribution in [2.45, 2.75) is 6.42 Å². The first kappa shape index (κ1) is 15.3. The lowest BCUT2D eigenvalue weighted by Gasteiger charge is -2.06. The molecular formula is C19H13F2N3O. The Morgan fingerprint density at radius 3 is 2.76 bits per heavy atom. The van der Waals surface area contributed by atoms with Crippen molar-refractivity contribution in [2.75, 3.05) is 0 Å². The van der Waals surface area contributed by atoms with Crippen molar-refractivity contribution in [3.8, 4) is 16.9 Å². The predicted molar refractivity (Wildman–Crippen MR) is 90.2 cm³/mol. The molecule has 0 unspecified atom stereocenters. The second-order valence-electron chi connectivity index (χ2n) is 5.71. The van der Waals surface area contributed by atoms with Gasteiger partial charge in [0.05, 0.1) is 0 Å². The zero-order chi connectivity index (χ0) is 17.4. The number of H-pyrrole nitrogens is 1. The number of benzene rings is 1. The Morgan fingerprint density at radius 2 is 1.96 bits per heavy atom. The van der Waals surface area contributed by atoms with Crippen LogP contribution in [0.1, 0.15) is 11.1 Å². The van der Waals surface area contributed by atoms with Crippen molar-refractivity contribution in [3.05, 3.63) is 77.9 Å². The highest BCUT2D eigenvalue weighted by Gasteiger charge is 2.16. The summed E-state index contributed by atoms with van der Waals surface area (Å²) in [4.78, 5) is 11.5. The Balaban J connectivity index is 1.80. The minimum atomic E-state index is -0.939. The fourth-order valence-corrected chi connectivity index (χ4v) is 2.83. The van der Waals surface area contributed by atoms with Gasteiger partial charge in [-0.1, -0.05) is 6.07 Å². The van der Waals surface area contributed by atoms with Gasteiger partial charge in [0.1, 0.15) is 11.5 Å². The zero-order valence-electron chi connectivity index (χ0n) is 13.0. The number of aromatic hydroxyl groups is 1. The number of rotatable bonds is 3. The molecule has 0 atom stereocenters. The number of halogens is 2. The molecule has 1 aromatic carbocycles. The van der Waals surface area contributed by atoms with Crippen LogP contribution < -0.4 is 0 Å². The third-order valence-electron chi connectivity index (χ3n) is 4.14. The van der Waals surface area contributed by atoms with Crippen LogP contribution in [0.15, 0.2) is 55.1 Å². The molecule has 0 spiro atoms. The topological polar surface area (TPSA) is 61.8 Å². The third kappa shape index (κ3) is 2.71. The molecule has 3 aromatic heterocycles. The van der Waals surface area contributed by atoms with E-state index < -0.39 is 17.4 Å². The van der Waals surface area contributed by atoms with Gasteiger partial charge < -0.3 is 10.1 Å². The second-order valence-corrected chi connectivity index (χ2v) is 5.71. The number of phenolic OH excluding ortho intramolecular Hbond substituents is 1. The molecule has 0 aliphatic rings. The van der Waals surface area contributed by atoms with Gasteiger partial charge in [-0.25, -0.2) is 13.8 Å². The monoisotopic (exact) mass is 337 g/mol. The van der Waals surface area contributed by atoms with Gasteiger partial charge in [0, 0.05) is 53.3 Å². The average Bonchev–Trinajstić information content (AvgIpc) is 3.05. The molecule has 0 aliphatic carbocycles. The van der Waals surface area contributed by atoms with Gasteiger partial charge in [-0.15, -0.1) is 0 Å². The molecule has 0 fully saturated rings. The van der Waals surface area contributed by atoms with E-state index in [9.17, 15) is 13.9 Å². The number of fused-ring (bicyclic) bond motifs is 1. The van der Waals surface area contributed by atoms with Crippen molar-refractivity contribution in [1.82, 2.24) is 15.0 Å². The van der Waals surface area contributed by atoms with E-state index in [1.165, 1.54) is 0 Å². The number of hydrogen-bond donors (Lipinski definition) is 2. The molecule has 4 aromatic rings. The summed E-state index contributed by atoms with van der Waals surface area (Å²) in [5.41, 5.74) is 2.91. The van der Waals surface area contributed by atoms with Crippen molar-refractivity contribution in [3.63, 3.8) is 0 Å². The standard InChI is InChI=1S/C19H13F2N3O/c20-16-3-4-17(25)18(21)15(16)7-13-10-24-19-14(13)6-12(9-23-19)11-2-1-5-22-8-11/h1-6,8-10,25H,7H2,(H,23,24). The normalized spacial score (nSPS) is 11.1. The van der Waals surface area contributed by atoms with E-state index in [0.717, 1.165) is 28.6 Å². The highest BCUT2D eigenvalue weighted by molar-refractivity contribution is 5.84. The summed E-state index contributed by atoms with van der Waals surface area (Å²) in [6.07, 6.45) is 6.81. The highest BCUT2D eigenvalue weighted by atomic mass is 19.1. The smallest absolute Gasteiger partial charge is 0.171 e. The molecule has 3 heterocycles. The molecule has 124 valence electrons. The Hall–Kier alpha value is -3.28. The molecule has 4 nitrogen and oxygen atoms in total. The van der Waals surface area contributed by atoms with E-state index in [0.29, 0.717) is 11.2 Å². The molecule has 0 saturated heterocycles. The summed E-state index contributed by atoms with van der Waals surface area (Å²) < 4.78 is 28.1. The van der Waals surface area contributed by atoms with Gasteiger partial charge in [0.15, 0.2) is 11.6 Å². The van der Waals surface area contributed by atoms with E-state index in [2.05, 4.69) is 15.0 Å². The van der Waals surface area contributed by atoms with Crippen molar-refractivity contribution >= 4 is 11.0 Å². The predicted octanol–water partition coefficient (Wildman–Crippen LogP) is 4.20. The van der Waals surface area contributed by atoms with E-state index in [-0.39, 0.29) is 12.0 Å². The van der Waals surface area contributed by atoms with E-state index in [1.807, 2.05) is 18.2 Å². The highest BCUT2D eigenvalue weighted by Crippen LogP contribution is 2.29. The first-order valence-electron chi connectivity index (χ1n) is 7.65. The largest absolute Gasteiger partial charge is 0.505 e. The molecule has 0 radical (unpaired) electrons. The Kier molecular flexibility index (Phi) is 3.65. The lowest BCUT2D eigenvalue weighted by atomic mass is 10.0. The lowest BCUT2D eigenvalue weighted by Crippen LogP contribution is -1.97. The van der Waals surface area contributed by atoms with Crippen LogP contribution in [0.4, 0.5) is 8.78 Å². The van der Waals surface area contributed by atoms with Gasteiger partial charge in [0.2, 0.25) is 0 Å². The maximum atomic E-state index is 14.1. The van der Waals surface area contributed by atoms with Crippen LogP contribution in [0.25, 0.3) is 22.2 Å². The summed E-state index contributed by atoms with van der Waals surface area (Å²) in [6, 6.07) is 7.71. The molecule has 4 rings (SSSR count). The third-order valence-corrected chi connectivity index (χ3v) is 4.14. The number of phenols is 1. The molecule has 0 saturated carbocycles. The fourth-order valence-electron chi connectivity index (χ4n) is 2.83. The van der Waals surface area contributed by atoms with Crippen LogP contribution in [0, 0.1) is 11.6 Å². The molecular weight excluding hydrogens is 324 g/mol. The van der Waals surface area contributed by atoms with E-state index in [1.54, 1.807) is 24.8 Å². The number of hydrogen-bond acceptors (Lipinski definition) is 3. The molecule has 2 N–H and O–H groups in total. The van der Waals surface area contributed by atoms with Crippen molar-refractivity contribution in [2.24, 2.45) is 0 Å². The Morgan fingerprint density at radius 1 is 1.08 bits per heavy atom. The fraction of sp³-hybridized carbons (Fsp3) is 0.0526. The van der Waals surface area contributed by atoms with Gasteiger partial charge in [-0.2, -0.15) is 0 Å². The first-order chi connectivity index (χ1) is 12.1. The summed E-state index contributed by atoms with van der Waals surface area (Å²) in [5.74, 6) is -2.20. The van der Waals surface area contributed by atoms with Crippen LogP contribution in [-0.4, -0.2) is 20.1 Å². The first-order valence-corrected chi connectivity index (χ1v) is 7.65. The van der Waals surface area contributed by atoms with Crippen molar-refractivity contribution < 1.29 is 13.9 Å². The Labute approximate surface area is 141 Å². The van der Waals surface area contributed by atoms with Crippen LogP contribution in [-0.2, 0) is 6.42 Å². The minimum Gasteiger partial charge on any atom is -0.505 e. The molecule has 6 heteroatoms. The number of pyridine rings is 2. The number of nitrogens with zero attached hydrogens (tertiary/aromatic N) is 2. The average molecular weight is 337 g/mol. The van der Waals surface area contributed by atoms with E-state index in [4.69, 9.17) is 0 Å². The number of aromatic amines is 1. The number of nitrogens with one attached hydrogen (secondary N) is 1. The molecule has 0 aliphatic heterocycles.